The van der Waals surface area contributed by atoms with E-state index in [1.165, 1.54) is 5.56 Å². The third-order valence-corrected chi connectivity index (χ3v) is 3.99. The largest absolute Gasteiger partial charge is 0.508 e. The van der Waals surface area contributed by atoms with Crippen LogP contribution in [0.1, 0.15) is 24.1 Å². The van der Waals surface area contributed by atoms with Crippen LogP contribution < -0.4 is 10.6 Å². The first kappa shape index (κ1) is 16.8. The Labute approximate surface area is 147 Å². The monoisotopic (exact) mass is 334 g/mol. The van der Waals surface area contributed by atoms with Crippen molar-refractivity contribution in [1.82, 2.24) is 9.97 Å². The first-order valence-corrected chi connectivity index (χ1v) is 8.36. The molecule has 128 valence electrons. The Morgan fingerprint density at radius 2 is 1.68 bits per heavy atom. The van der Waals surface area contributed by atoms with Crippen molar-refractivity contribution in [3.63, 3.8) is 0 Å². The number of anilines is 2. The van der Waals surface area contributed by atoms with Crippen molar-refractivity contribution in [3.05, 3.63) is 78.1 Å². The molecule has 0 saturated heterocycles. The number of nitrogens with one attached hydrogen (secondary N) is 2. The molecule has 25 heavy (non-hydrogen) atoms. The van der Waals surface area contributed by atoms with Crippen molar-refractivity contribution in [2.24, 2.45) is 0 Å². The first-order chi connectivity index (χ1) is 12.2. The van der Waals surface area contributed by atoms with E-state index >= 15 is 0 Å². The molecule has 0 aliphatic heterocycles. The lowest BCUT2D eigenvalue weighted by Gasteiger charge is -2.15. The van der Waals surface area contributed by atoms with Gasteiger partial charge in [-0.2, -0.15) is 0 Å². The number of benzene rings is 2. The van der Waals surface area contributed by atoms with E-state index in [4.69, 9.17) is 0 Å². The van der Waals surface area contributed by atoms with Crippen LogP contribution in [0.2, 0.25) is 0 Å². The van der Waals surface area contributed by atoms with Gasteiger partial charge in [0.05, 0.1) is 0 Å². The van der Waals surface area contributed by atoms with Crippen LogP contribution >= 0.6 is 0 Å². The normalized spacial score (nSPS) is 11.7. The highest BCUT2D eigenvalue weighted by Gasteiger charge is 2.06. The minimum absolute atomic E-state index is 0.168. The van der Waals surface area contributed by atoms with Gasteiger partial charge in [-0.05, 0) is 36.6 Å². The Balaban J connectivity index is 1.55. The number of rotatable bonds is 7. The minimum Gasteiger partial charge on any atom is -0.508 e. The molecule has 0 aliphatic carbocycles. The summed E-state index contributed by atoms with van der Waals surface area (Å²) < 4.78 is 0. The zero-order valence-corrected chi connectivity index (χ0v) is 14.2. The van der Waals surface area contributed by atoms with E-state index in [1.807, 2.05) is 36.4 Å². The van der Waals surface area contributed by atoms with Crippen molar-refractivity contribution >= 4 is 11.6 Å². The lowest BCUT2D eigenvalue weighted by molar-refractivity contribution is 0.475. The predicted molar refractivity (Wildman–Crippen MR) is 101 cm³/mol. The van der Waals surface area contributed by atoms with Gasteiger partial charge in [-0.1, -0.05) is 42.5 Å². The van der Waals surface area contributed by atoms with Crippen molar-refractivity contribution in [2.75, 3.05) is 17.2 Å². The van der Waals surface area contributed by atoms with Crippen LogP contribution in [0.4, 0.5) is 11.6 Å². The molecule has 0 fully saturated rings. The SMILES string of the molecule is C[C@H](Nc1cc(NCCc2ccc(O)cc2)ncn1)c1ccccc1. The average Bonchev–Trinajstić information content (AvgIpc) is 2.64. The number of phenolic OH excluding ortho intramolecular Hbond substituents is 1. The summed E-state index contributed by atoms with van der Waals surface area (Å²) >= 11 is 0. The second-order valence-electron chi connectivity index (χ2n) is 5.91. The molecule has 3 N–H and O–H groups in total. The predicted octanol–water partition coefficient (Wildman–Crippen LogP) is 4.01. The third kappa shape index (κ3) is 4.94. The average molecular weight is 334 g/mol. The number of hydrogen-bond acceptors (Lipinski definition) is 5. The second kappa shape index (κ2) is 8.15. The maximum Gasteiger partial charge on any atom is 0.131 e. The quantitative estimate of drug-likeness (QED) is 0.609. The number of aromatic nitrogens is 2. The Kier molecular flexibility index (Phi) is 5.46. The van der Waals surface area contributed by atoms with Gasteiger partial charge in [-0.25, -0.2) is 9.97 Å². The van der Waals surface area contributed by atoms with E-state index in [1.54, 1.807) is 18.5 Å². The standard InChI is InChI=1S/C20H22N4O/c1-15(17-5-3-2-4-6-17)24-20-13-19(22-14-23-20)21-12-11-16-7-9-18(25)10-8-16/h2-10,13-15,25H,11-12H2,1H3,(H2,21,22,23,24)/t15-/m0/s1. The minimum atomic E-state index is 0.168. The molecule has 1 aromatic heterocycles. The number of phenols is 1. The Morgan fingerprint density at radius 3 is 2.44 bits per heavy atom. The van der Waals surface area contributed by atoms with Crippen LogP contribution in [-0.2, 0) is 6.42 Å². The molecule has 1 atom stereocenters. The summed E-state index contributed by atoms with van der Waals surface area (Å²) in [5.74, 6) is 1.87. The fourth-order valence-electron chi connectivity index (χ4n) is 2.58. The fraction of sp³-hybridized carbons (Fsp3) is 0.200. The van der Waals surface area contributed by atoms with Gasteiger partial charge in [-0.15, -0.1) is 0 Å². The summed E-state index contributed by atoms with van der Waals surface area (Å²) in [7, 11) is 0. The molecule has 3 aromatic rings. The van der Waals surface area contributed by atoms with Crippen LogP contribution in [0.15, 0.2) is 67.0 Å². The molecule has 1 heterocycles. The third-order valence-electron chi connectivity index (χ3n) is 3.99. The Morgan fingerprint density at radius 1 is 0.960 bits per heavy atom. The number of nitrogens with zero attached hydrogens (tertiary/aromatic N) is 2. The van der Waals surface area contributed by atoms with Crippen LogP contribution in [0, 0.1) is 0 Å². The highest BCUT2D eigenvalue weighted by atomic mass is 16.3. The maximum absolute atomic E-state index is 9.31. The Hall–Kier alpha value is -3.08. The molecule has 3 rings (SSSR count). The van der Waals surface area contributed by atoms with Crippen LogP contribution in [0.5, 0.6) is 5.75 Å². The van der Waals surface area contributed by atoms with Gasteiger partial charge in [0.1, 0.15) is 23.7 Å². The van der Waals surface area contributed by atoms with Gasteiger partial charge in [0.25, 0.3) is 0 Å². The molecule has 0 radical (unpaired) electrons. The highest BCUT2D eigenvalue weighted by molar-refractivity contribution is 5.47. The summed E-state index contributed by atoms with van der Waals surface area (Å²) in [5.41, 5.74) is 2.37. The number of hydrogen-bond donors (Lipinski definition) is 3. The molecular formula is C20H22N4O. The topological polar surface area (TPSA) is 70.1 Å². The van der Waals surface area contributed by atoms with Gasteiger partial charge in [0.15, 0.2) is 0 Å². The molecule has 5 nitrogen and oxygen atoms in total. The van der Waals surface area contributed by atoms with Gasteiger partial charge in [0, 0.05) is 18.7 Å². The molecular weight excluding hydrogens is 312 g/mol. The van der Waals surface area contributed by atoms with E-state index in [0.717, 1.165) is 30.2 Å². The van der Waals surface area contributed by atoms with E-state index in [2.05, 4.69) is 39.7 Å². The van der Waals surface area contributed by atoms with Gasteiger partial charge in [0.2, 0.25) is 0 Å². The molecule has 5 heteroatoms. The summed E-state index contributed by atoms with van der Waals surface area (Å²) in [4.78, 5) is 8.55. The molecule has 0 bridgehead atoms. The molecule has 2 aromatic carbocycles. The smallest absolute Gasteiger partial charge is 0.131 e. The van der Waals surface area contributed by atoms with Gasteiger partial charge >= 0.3 is 0 Å². The van der Waals surface area contributed by atoms with E-state index in [-0.39, 0.29) is 11.8 Å². The zero-order valence-electron chi connectivity index (χ0n) is 14.2. The van der Waals surface area contributed by atoms with Crippen LogP contribution in [0.3, 0.4) is 0 Å². The van der Waals surface area contributed by atoms with Crippen molar-refractivity contribution in [2.45, 2.75) is 19.4 Å². The van der Waals surface area contributed by atoms with Crippen molar-refractivity contribution < 1.29 is 5.11 Å². The fourth-order valence-corrected chi connectivity index (χ4v) is 2.58. The molecule has 0 aliphatic rings. The van der Waals surface area contributed by atoms with Crippen LogP contribution in [0.25, 0.3) is 0 Å². The zero-order chi connectivity index (χ0) is 17.5. The summed E-state index contributed by atoms with van der Waals surface area (Å²) in [6, 6.07) is 19.6. The summed E-state index contributed by atoms with van der Waals surface area (Å²) in [5, 5.41) is 16.0. The van der Waals surface area contributed by atoms with E-state index in [0.29, 0.717) is 0 Å². The lowest BCUT2D eigenvalue weighted by atomic mass is 10.1. The molecule has 0 unspecified atom stereocenters. The molecule has 0 spiro atoms. The highest BCUT2D eigenvalue weighted by Crippen LogP contribution is 2.18. The maximum atomic E-state index is 9.31. The first-order valence-electron chi connectivity index (χ1n) is 8.36. The van der Waals surface area contributed by atoms with Crippen LogP contribution in [-0.4, -0.2) is 21.6 Å². The number of aromatic hydroxyl groups is 1. The van der Waals surface area contributed by atoms with Gasteiger partial charge in [-0.3, -0.25) is 0 Å². The van der Waals surface area contributed by atoms with E-state index < -0.39 is 0 Å². The molecule has 0 saturated carbocycles. The molecule has 0 amide bonds. The van der Waals surface area contributed by atoms with Crippen molar-refractivity contribution in [1.29, 1.82) is 0 Å². The Bertz CT molecular complexity index is 790. The van der Waals surface area contributed by atoms with Gasteiger partial charge < -0.3 is 15.7 Å². The lowest BCUT2D eigenvalue weighted by Crippen LogP contribution is -2.10. The second-order valence-corrected chi connectivity index (χ2v) is 5.91. The van der Waals surface area contributed by atoms with Crippen molar-refractivity contribution in [3.8, 4) is 5.75 Å². The van der Waals surface area contributed by atoms with E-state index in [9.17, 15) is 5.11 Å². The summed E-state index contributed by atoms with van der Waals surface area (Å²) in [6.07, 6.45) is 2.41. The summed E-state index contributed by atoms with van der Waals surface area (Å²) in [6.45, 7) is 2.87.